The van der Waals surface area contributed by atoms with E-state index in [2.05, 4.69) is 43.9 Å². The van der Waals surface area contributed by atoms with Crippen LogP contribution in [-0.2, 0) is 26.2 Å². The zero-order valence-electron chi connectivity index (χ0n) is 9.05. The first kappa shape index (κ1) is 18.6. The fourth-order valence-electron chi connectivity index (χ4n) is 1.44. The third-order valence-electron chi connectivity index (χ3n) is 2.21. The topological polar surface area (TPSA) is 0 Å². The quantitative estimate of drug-likeness (QED) is 0.471. The molecule has 2 aliphatic rings. The molecule has 1 aliphatic heterocycles. The number of rotatable bonds is 1. The van der Waals surface area contributed by atoms with Crippen LogP contribution in [0.15, 0.2) is 33.7 Å². The van der Waals surface area contributed by atoms with Crippen molar-refractivity contribution >= 4 is 19.8 Å². The SMILES string of the molecule is C[Si](C)(C)C1=CC2C=CC=C2S1.[Cl-].[Cl-].[Zr+2]. The zero-order chi connectivity index (χ0) is 8.77. The summed E-state index contributed by atoms with van der Waals surface area (Å²) >= 11 is 2.01. The summed E-state index contributed by atoms with van der Waals surface area (Å²) in [4.78, 5) is 1.53. The fraction of sp³-hybridized carbons (Fsp3) is 0.400. The molecular weight excluding hydrogens is 342 g/mol. The molecule has 0 N–H and O–H groups in total. The Labute approximate surface area is 129 Å². The molecule has 0 nitrogen and oxygen atoms in total. The summed E-state index contributed by atoms with van der Waals surface area (Å²) in [5, 5.41) is 0. The molecular formula is C10H14Cl2SSiZr. The zero-order valence-corrected chi connectivity index (χ0v) is 14.8. The van der Waals surface area contributed by atoms with Crippen LogP contribution in [0.3, 0.4) is 0 Å². The number of thioether (sulfide) groups is 1. The van der Waals surface area contributed by atoms with Crippen LogP contribution in [0.2, 0.25) is 19.6 Å². The minimum absolute atomic E-state index is 0. The molecule has 0 aromatic carbocycles. The molecule has 1 atom stereocenters. The molecule has 0 aromatic heterocycles. The second-order valence-electron chi connectivity index (χ2n) is 4.36. The van der Waals surface area contributed by atoms with E-state index < -0.39 is 8.07 Å². The summed E-state index contributed by atoms with van der Waals surface area (Å²) in [6.45, 7) is 7.24. The third kappa shape index (κ3) is 4.20. The monoisotopic (exact) mass is 354 g/mol. The van der Waals surface area contributed by atoms with Gasteiger partial charge in [0.05, 0.1) is 8.07 Å². The maximum Gasteiger partial charge on any atom is 2.00 e. The number of allylic oxidation sites excluding steroid dienone is 5. The van der Waals surface area contributed by atoms with Gasteiger partial charge in [-0.25, -0.2) is 0 Å². The van der Waals surface area contributed by atoms with Gasteiger partial charge in [0.2, 0.25) is 0 Å². The maximum atomic E-state index is 2.45. The molecule has 5 heteroatoms. The van der Waals surface area contributed by atoms with Gasteiger partial charge in [-0.1, -0.05) is 43.9 Å². The number of hydrogen-bond donors (Lipinski definition) is 0. The molecule has 0 saturated heterocycles. The predicted octanol–water partition coefficient (Wildman–Crippen LogP) is -2.43. The van der Waals surface area contributed by atoms with Gasteiger partial charge in [0.15, 0.2) is 0 Å². The van der Waals surface area contributed by atoms with Crippen LogP contribution < -0.4 is 24.8 Å². The Bertz CT molecular complexity index is 305. The average Bonchev–Trinajstić information content (AvgIpc) is 2.37. The molecule has 0 amide bonds. The van der Waals surface area contributed by atoms with E-state index in [9.17, 15) is 0 Å². The Hall–Kier alpha value is 1.25. The van der Waals surface area contributed by atoms with Crippen LogP contribution in [0.1, 0.15) is 0 Å². The van der Waals surface area contributed by atoms with Crippen molar-refractivity contribution < 1.29 is 51.0 Å². The first-order chi connectivity index (χ1) is 5.57. The Morgan fingerprint density at radius 2 is 1.80 bits per heavy atom. The molecule has 0 aromatic rings. The van der Waals surface area contributed by atoms with E-state index >= 15 is 0 Å². The smallest absolute Gasteiger partial charge is 1.00 e. The summed E-state index contributed by atoms with van der Waals surface area (Å²) in [5.74, 6) is 0.636. The first-order valence-corrected chi connectivity index (χ1v) is 8.67. The van der Waals surface area contributed by atoms with Gasteiger partial charge >= 0.3 is 26.2 Å². The number of fused-ring (bicyclic) bond motifs is 1. The standard InChI is InChI=1S/C10H14SSi.2ClH.Zr/c1-12(2,3)10-7-8-5-4-6-9(8)11-10;;;/h4-8H,1-3H3;2*1H;/q;;;+2/p-2. The predicted molar refractivity (Wildman–Crippen MR) is 59.7 cm³/mol. The van der Waals surface area contributed by atoms with Crippen molar-refractivity contribution in [3.05, 3.63) is 33.7 Å². The van der Waals surface area contributed by atoms with E-state index in [-0.39, 0.29) is 51.0 Å². The molecule has 0 fully saturated rings. The molecule has 82 valence electrons. The van der Waals surface area contributed by atoms with Crippen molar-refractivity contribution in [3.8, 4) is 0 Å². The number of hydrogen-bond acceptors (Lipinski definition) is 1. The average molecular weight is 357 g/mol. The van der Waals surface area contributed by atoms with Crippen LogP contribution in [-0.4, -0.2) is 8.07 Å². The van der Waals surface area contributed by atoms with E-state index in [0.717, 1.165) is 0 Å². The van der Waals surface area contributed by atoms with Crippen molar-refractivity contribution in [2.24, 2.45) is 5.92 Å². The van der Waals surface area contributed by atoms with Gasteiger partial charge in [0.25, 0.3) is 0 Å². The minimum atomic E-state index is -1.04. The van der Waals surface area contributed by atoms with Gasteiger partial charge in [-0.15, -0.1) is 11.8 Å². The summed E-state index contributed by atoms with van der Waals surface area (Å²) < 4.78 is 1.66. The molecule has 0 bridgehead atoms. The van der Waals surface area contributed by atoms with Crippen molar-refractivity contribution in [1.82, 2.24) is 0 Å². The van der Waals surface area contributed by atoms with Gasteiger partial charge < -0.3 is 24.8 Å². The number of halogens is 2. The summed E-state index contributed by atoms with van der Waals surface area (Å²) in [6, 6.07) is 0. The first-order valence-electron chi connectivity index (χ1n) is 4.36. The minimum Gasteiger partial charge on any atom is -1.00 e. The van der Waals surface area contributed by atoms with Crippen molar-refractivity contribution in [1.29, 1.82) is 0 Å². The summed E-state index contributed by atoms with van der Waals surface area (Å²) in [6.07, 6.45) is 9.16. The van der Waals surface area contributed by atoms with Gasteiger partial charge in [0, 0.05) is 5.92 Å². The van der Waals surface area contributed by atoms with Gasteiger partial charge in [-0.2, -0.15) is 0 Å². The molecule has 1 aliphatic carbocycles. The molecule has 0 saturated carbocycles. The molecule has 0 radical (unpaired) electrons. The summed E-state index contributed by atoms with van der Waals surface area (Å²) in [5.41, 5.74) is 0. The van der Waals surface area contributed by atoms with E-state index in [1.54, 1.807) is 4.53 Å². The fourth-order valence-corrected chi connectivity index (χ4v) is 4.60. The van der Waals surface area contributed by atoms with Crippen molar-refractivity contribution in [3.63, 3.8) is 0 Å². The molecule has 0 spiro atoms. The Kier molecular flexibility index (Phi) is 8.51. The van der Waals surface area contributed by atoms with Gasteiger partial charge in [0.1, 0.15) is 0 Å². The normalized spacial score (nSPS) is 21.7. The molecule has 15 heavy (non-hydrogen) atoms. The second kappa shape index (κ2) is 6.86. The largest absolute Gasteiger partial charge is 2.00 e. The van der Waals surface area contributed by atoms with Crippen LogP contribution in [0.4, 0.5) is 0 Å². The van der Waals surface area contributed by atoms with Crippen LogP contribution in [0.5, 0.6) is 0 Å². The van der Waals surface area contributed by atoms with Crippen LogP contribution >= 0.6 is 11.8 Å². The van der Waals surface area contributed by atoms with E-state index in [0.29, 0.717) is 5.92 Å². The van der Waals surface area contributed by atoms with E-state index in [1.807, 2.05) is 11.8 Å². The van der Waals surface area contributed by atoms with Crippen LogP contribution in [0, 0.1) is 5.92 Å². The van der Waals surface area contributed by atoms with E-state index in [4.69, 9.17) is 0 Å². The molecule has 2 rings (SSSR count). The van der Waals surface area contributed by atoms with Crippen molar-refractivity contribution in [2.75, 3.05) is 0 Å². The maximum absolute atomic E-state index is 2.45. The third-order valence-corrected chi connectivity index (χ3v) is 6.99. The van der Waals surface area contributed by atoms with E-state index in [1.165, 1.54) is 4.91 Å². The second-order valence-corrected chi connectivity index (χ2v) is 10.9. The van der Waals surface area contributed by atoms with Gasteiger partial charge in [-0.05, 0) is 9.43 Å². The Balaban J connectivity index is 0. The Morgan fingerprint density at radius 1 is 1.20 bits per heavy atom. The van der Waals surface area contributed by atoms with Gasteiger partial charge in [-0.3, -0.25) is 0 Å². The molecule has 1 heterocycles. The summed E-state index contributed by atoms with van der Waals surface area (Å²) in [7, 11) is -1.04. The molecule has 1 unspecified atom stereocenters. The Morgan fingerprint density at radius 3 is 2.27 bits per heavy atom. The van der Waals surface area contributed by atoms with Crippen molar-refractivity contribution in [2.45, 2.75) is 19.6 Å². The van der Waals surface area contributed by atoms with Crippen LogP contribution in [0.25, 0.3) is 0 Å².